The van der Waals surface area contributed by atoms with Crippen molar-refractivity contribution in [2.45, 2.75) is 32.8 Å². The second kappa shape index (κ2) is 6.33. The smallest absolute Gasteiger partial charge is 0.228 e. The lowest BCUT2D eigenvalue weighted by Crippen LogP contribution is -2.37. The van der Waals surface area contributed by atoms with Crippen LogP contribution in [0.1, 0.15) is 26.7 Å². The maximum Gasteiger partial charge on any atom is 0.228 e. The van der Waals surface area contributed by atoms with E-state index in [-0.39, 0.29) is 17.9 Å². The molecule has 0 N–H and O–H groups in total. The molecule has 4 heteroatoms. The van der Waals surface area contributed by atoms with E-state index in [1.54, 1.807) is 0 Å². The lowest BCUT2D eigenvalue weighted by molar-refractivity contribution is -0.135. The summed E-state index contributed by atoms with van der Waals surface area (Å²) < 4.78 is 5.41. The largest absolute Gasteiger partial charge is 0.378 e. The third kappa shape index (κ3) is 3.65. The molecular weight excluding hydrogens is 214 g/mol. The Kier molecular flexibility index (Phi) is 5.40. The summed E-state index contributed by atoms with van der Waals surface area (Å²) >= 11 is 5.63. The zero-order chi connectivity index (χ0) is 11.3. The molecule has 1 aliphatic heterocycles. The van der Waals surface area contributed by atoms with Crippen molar-refractivity contribution in [3.05, 3.63) is 0 Å². The fraction of sp³-hybridized carbons (Fsp3) is 0.909. The molecule has 1 heterocycles. The molecule has 2 atom stereocenters. The minimum atomic E-state index is 0.0651. The van der Waals surface area contributed by atoms with Crippen molar-refractivity contribution in [2.75, 3.05) is 25.6 Å². The Morgan fingerprint density at radius 3 is 2.80 bits per heavy atom. The standard InChI is InChI=1S/C11H20ClNO2/c1-3-13(6-4-5-12)11(14)10-7-9(2)15-8-10/h9-10H,3-8H2,1-2H3. The van der Waals surface area contributed by atoms with E-state index in [9.17, 15) is 4.79 Å². The lowest BCUT2D eigenvalue weighted by Gasteiger charge is -2.23. The summed E-state index contributed by atoms with van der Waals surface area (Å²) in [4.78, 5) is 13.9. The fourth-order valence-corrected chi connectivity index (χ4v) is 2.04. The zero-order valence-corrected chi connectivity index (χ0v) is 10.3. The van der Waals surface area contributed by atoms with Gasteiger partial charge >= 0.3 is 0 Å². The van der Waals surface area contributed by atoms with Gasteiger partial charge in [-0.3, -0.25) is 4.79 Å². The SMILES string of the molecule is CCN(CCCCl)C(=O)C1COC(C)C1. The van der Waals surface area contributed by atoms with E-state index in [1.165, 1.54) is 0 Å². The zero-order valence-electron chi connectivity index (χ0n) is 9.54. The second-order valence-electron chi connectivity index (χ2n) is 4.04. The minimum Gasteiger partial charge on any atom is -0.378 e. The van der Waals surface area contributed by atoms with Gasteiger partial charge in [0, 0.05) is 19.0 Å². The predicted molar refractivity (Wildman–Crippen MR) is 61.1 cm³/mol. The van der Waals surface area contributed by atoms with Gasteiger partial charge in [-0.25, -0.2) is 0 Å². The molecule has 1 amide bonds. The molecule has 0 spiro atoms. The van der Waals surface area contributed by atoms with Crippen LogP contribution in [-0.2, 0) is 9.53 Å². The molecule has 2 unspecified atom stereocenters. The highest BCUT2D eigenvalue weighted by Crippen LogP contribution is 2.21. The molecule has 0 aromatic rings. The van der Waals surface area contributed by atoms with Gasteiger partial charge in [0.25, 0.3) is 0 Å². The Morgan fingerprint density at radius 2 is 2.33 bits per heavy atom. The highest BCUT2D eigenvalue weighted by atomic mass is 35.5. The van der Waals surface area contributed by atoms with E-state index in [1.807, 2.05) is 18.7 Å². The van der Waals surface area contributed by atoms with Crippen LogP contribution in [-0.4, -0.2) is 42.5 Å². The van der Waals surface area contributed by atoms with Crippen molar-refractivity contribution in [3.8, 4) is 0 Å². The van der Waals surface area contributed by atoms with Gasteiger partial charge < -0.3 is 9.64 Å². The number of amides is 1. The van der Waals surface area contributed by atoms with Gasteiger partial charge in [0.1, 0.15) is 0 Å². The average Bonchev–Trinajstić information content (AvgIpc) is 2.65. The summed E-state index contributed by atoms with van der Waals surface area (Å²) in [5.41, 5.74) is 0. The molecule has 3 nitrogen and oxygen atoms in total. The third-order valence-electron chi connectivity index (χ3n) is 2.80. The number of carbonyl (C=O) groups is 1. The number of nitrogens with zero attached hydrogens (tertiary/aromatic N) is 1. The quantitative estimate of drug-likeness (QED) is 0.679. The van der Waals surface area contributed by atoms with E-state index in [0.29, 0.717) is 12.5 Å². The van der Waals surface area contributed by atoms with Crippen molar-refractivity contribution in [1.29, 1.82) is 0 Å². The van der Waals surface area contributed by atoms with Crippen LogP contribution in [0.2, 0.25) is 0 Å². The van der Waals surface area contributed by atoms with Crippen molar-refractivity contribution in [3.63, 3.8) is 0 Å². The maximum absolute atomic E-state index is 12.0. The van der Waals surface area contributed by atoms with Crippen LogP contribution in [0.5, 0.6) is 0 Å². The van der Waals surface area contributed by atoms with Gasteiger partial charge in [-0.15, -0.1) is 11.6 Å². The van der Waals surface area contributed by atoms with Crippen LogP contribution in [0.15, 0.2) is 0 Å². The Balaban J connectivity index is 2.42. The average molecular weight is 234 g/mol. The molecule has 0 aliphatic carbocycles. The van der Waals surface area contributed by atoms with Crippen LogP contribution < -0.4 is 0 Å². The van der Waals surface area contributed by atoms with Gasteiger partial charge in [-0.2, -0.15) is 0 Å². The second-order valence-corrected chi connectivity index (χ2v) is 4.41. The summed E-state index contributed by atoms with van der Waals surface area (Å²) in [6.07, 6.45) is 1.95. The van der Waals surface area contributed by atoms with E-state index in [4.69, 9.17) is 16.3 Å². The molecule has 88 valence electrons. The van der Waals surface area contributed by atoms with Crippen molar-refractivity contribution >= 4 is 17.5 Å². The van der Waals surface area contributed by atoms with Gasteiger partial charge in [-0.05, 0) is 26.7 Å². The van der Waals surface area contributed by atoms with Crippen LogP contribution >= 0.6 is 11.6 Å². The molecule has 0 saturated carbocycles. The van der Waals surface area contributed by atoms with E-state index >= 15 is 0 Å². The van der Waals surface area contributed by atoms with Crippen LogP contribution in [0.3, 0.4) is 0 Å². The first kappa shape index (κ1) is 12.8. The lowest BCUT2D eigenvalue weighted by atomic mass is 10.0. The molecule has 1 aliphatic rings. The molecule has 0 radical (unpaired) electrons. The van der Waals surface area contributed by atoms with Crippen molar-refractivity contribution in [1.82, 2.24) is 4.90 Å². The molecule has 1 fully saturated rings. The number of ether oxygens (including phenoxy) is 1. The van der Waals surface area contributed by atoms with E-state index in [2.05, 4.69) is 0 Å². The fourth-order valence-electron chi connectivity index (χ4n) is 1.92. The number of rotatable bonds is 5. The highest BCUT2D eigenvalue weighted by Gasteiger charge is 2.30. The molecule has 15 heavy (non-hydrogen) atoms. The highest BCUT2D eigenvalue weighted by molar-refractivity contribution is 6.17. The molecule has 0 bridgehead atoms. The first-order chi connectivity index (χ1) is 7.19. The van der Waals surface area contributed by atoms with Crippen LogP contribution in [0, 0.1) is 5.92 Å². The summed E-state index contributed by atoms with van der Waals surface area (Å²) in [7, 11) is 0. The number of hydrogen-bond acceptors (Lipinski definition) is 2. The summed E-state index contributed by atoms with van der Waals surface area (Å²) in [6.45, 7) is 6.13. The van der Waals surface area contributed by atoms with Crippen molar-refractivity contribution < 1.29 is 9.53 Å². The monoisotopic (exact) mass is 233 g/mol. The topological polar surface area (TPSA) is 29.5 Å². The summed E-state index contributed by atoms with van der Waals surface area (Å²) in [6, 6.07) is 0. The predicted octanol–water partition coefficient (Wildman–Crippen LogP) is 1.89. The number of alkyl halides is 1. The summed E-state index contributed by atoms with van der Waals surface area (Å²) in [5, 5.41) is 0. The third-order valence-corrected chi connectivity index (χ3v) is 3.07. The van der Waals surface area contributed by atoms with Gasteiger partial charge in [0.15, 0.2) is 0 Å². The van der Waals surface area contributed by atoms with Crippen LogP contribution in [0.25, 0.3) is 0 Å². The van der Waals surface area contributed by atoms with Gasteiger partial charge in [0.2, 0.25) is 5.91 Å². The van der Waals surface area contributed by atoms with E-state index in [0.717, 1.165) is 25.9 Å². The Morgan fingerprint density at radius 1 is 1.60 bits per heavy atom. The normalized spacial score (nSPS) is 25.5. The van der Waals surface area contributed by atoms with E-state index < -0.39 is 0 Å². The molecular formula is C11H20ClNO2. The first-order valence-corrected chi connectivity index (χ1v) is 6.18. The summed E-state index contributed by atoms with van der Waals surface area (Å²) in [5.74, 6) is 0.906. The minimum absolute atomic E-state index is 0.0651. The number of halogens is 1. The molecule has 0 aromatic carbocycles. The molecule has 0 aromatic heterocycles. The number of hydrogen-bond donors (Lipinski definition) is 0. The Hall–Kier alpha value is -0.280. The van der Waals surface area contributed by atoms with Gasteiger partial charge in [-0.1, -0.05) is 0 Å². The number of carbonyl (C=O) groups excluding carboxylic acids is 1. The Labute approximate surface area is 96.7 Å². The Bertz CT molecular complexity index is 211. The molecule has 1 saturated heterocycles. The maximum atomic E-state index is 12.0. The molecule has 1 rings (SSSR count). The first-order valence-electron chi connectivity index (χ1n) is 5.65. The van der Waals surface area contributed by atoms with Crippen molar-refractivity contribution in [2.24, 2.45) is 5.92 Å². The van der Waals surface area contributed by atoms with Crippen LogP contribution in [0.4, 0.5) is 0 Å². The van der Waals surface area contributed by atoms with Gasteiger partial charge in [0.05, 0.1) is 18.6 Å².